The molecule has 0 saturated carbocycles. The second-order valence-electron chi connectivity index (χ2n) is 4.94. The number of carboxylic acids is 1. The van der Waals surface area contributed by atoms with Gasteiger partial charge in [-0.25, -0.2) is 4.79 Å². The van der Waals surface area contributed by atoms with Crippen LogP contribution in [0.2, 0.25) is 0 Å². The Morgan fingerprint density at radius 1 is 1.24 bits per heavy atom. The van der Waals surface area contributed by atoms with Gasteiger partial charge in [-0.3, -0.25) is 5.43 Å². The van der Waals surface area contributed by atoms with Crippen LogP contribution in [-0.4, -0.2) is 16.8 Å². The highest BCUT2D eigenvalue weighted by Gasteiger charge is 2.12. The fourth-order valence-corrected chi connectivity index (χ4v) is 1.24. The number of nitrogens with one attached hydrogen (secondary N) is 1. The number of carbonyl (C=O) groups is 1. The normalized spacial score (nSPS) is 12.4. The van der Waals surface area contributed by atoms with Gasteiger partial charge in [-0.05, 0) is 30.0 Å². The zero-order valence-corrected chi connectivity index (χ0v) is 10.6. The molecule has 0 atom stereocenters. The predicted molar refractivity (Wildman–Crippen MR) is 69.5 cm³/mol. The third-order valence-electron chi connectivity index (χ3n) is 2.41. The lowest BCUT2D eigenvalue weighted by atomic mass is 9.87. The van der Waals surface area contributed by atoms with Crippen molar-refractivity contribution in [2.45, 2.75) is 33.1 Å². The van der Waals surface area contributed by atoms with Crippen LogP contribution in [0, 0.1) is 0 Å². The average molecular weight is 234 g/mol. The molecule has 0 aliphatic heterocycles. The lowest BCUT2D eigenvalue weighted by molar-refractivity contribution is -0.129. The summed E-state index contributed by atoms with van der Waals surface area (Å²) < 4.78 is 0. The van der Waals surface area contributed by atoms with Gasteiger partial charge in [-0.2, -0.15) is 5.10 Å². The van der Waals surface area contributed by atoms with Crippen LogP contribution in [0.3, 0.4) is 0 Å². The van der Waals surface area contributed by atoms with Gasteiger partial charge in [-0.15, -0.1) is 0 Å². The molecular formula is C13H18N2O2. The number of hydrogen-bond acceptors (Lipinski definition) is 3. The first kappa shape index (κ1) is 13.2. The Hall–Kier alpha value is -1.84. The number of carboxylic acid groups (broad SMARTS) is 1. The summed E-state index contributed by atoms with van der Waals surface area (Å²) in [5, 5.41) is 12.4. The van der Waals surface area contributed by atoms with Gasteiger partial charge in [-0.1, -0.05) is 32.9 Å². The van der Waals surface area contributed by atoms with Gasteiger partial charge in [0.25, 0.3) is 0 Å². The summed E-state index contributed by atoms with van der Waals surface area (Å²) in [6.07, 6.45) is 0. The summed E-state index contributed by atoms with van der Waals surface area (Å²) in [5.74, 6) is -1.02. The van der Waals surface area contributed by atoms with Gasteiger partial charge in [0.2, 0.25) is 0 Å². The molecule has 1 rings (SSSR count). The first-order chi connectivity index (χ1) is 7.80. The highest BCUT2D eigenvalue weighted by molar-refractivity contribution is 6.34. The van der Waals surface area contributed by atoms with Gasteiger partial charge in [0.15, 0.2) is 0 Å². The quantitative estimate of drug-likeness (QED) is 0.624. The van der Waals surface area contributed by atoms with Crippen molar-refractivity contribution in [1.29, 1.82) is 0 Å². The summed E-state index contributed by atoms with van der Waals surface area (Å²) >= 11 is 0. The topological polar surface area (TPSA) is 61.7 Å². The number of rotatable bonds is 3. The number of hydrazone groups is 1. The molecule has 0 unspecified atom stereocenters. The van der Waals surface area contributed by atoms with E-state index in [2.05, 4.69) is 31.3 Å². The number of hydrogen-bond donors (Lipinski definition) is 2. The second kappa shape index (κ2) is 4.99. The van der Waals surface area contributed by atoms with Crippen LogP contribution in [0.1, 0.15) is 33.3 Å². The smallest absolute Gasteiger partial charge is 0.351 e. The van der Waals surface area contributed by atoms with Crippen molar-refractivity contribution in [2.75, 3.05) is 5.43 Å². The maximum Gasteiger partial charge on any atom is 0.351 e. The van der Waals surface area contributed by atoms with Gasteiger partial charge in [0.1, 0.15) is 5.71 Å². The van der Waals surface area contributed by atoms with Crippen LogP contribution < -0.4 is 5.43 Å². The molecule has 17 heavy (non-hydrogen) atoms. The second-order valence-corrected chi connectivity index (χ2v) is 4.94. The monoisotopic (exact) mass is 234 g/mol. The number of nitrogens with zero attached hydrogens (tertiary/aromatic N) is 1. The Bertz CT molecular complexity index is 428. The molecule has 0 aliphatic carbocycles. The van der Waals surface area contributed by atoms with E-state index >= 15 is 0 Å². The molecule has 0 spiro atoms. The molecule has 0 heterocycles. The molecule has 0 saturated heterocycles. The van der Waals surface area contributed by atoms with E-state index in [9.17, 15) is 4.79 Å². The van der Waals surface area contributed by atoms with Crippen molar-refractivity contribution in [2.24, 2.45) is 5.10 Å². The summed E-state index contributed by atoms with van der Waals surface area (Å²) in [7, 11) is 0. The van der Waals surface area contributed by atoms with Crippen molar-refractivity contribution in [1.82, 2.24) is 0 Å². The van der Waals surface area contributed by atoms with Gasteiger partial charge in [0, 0.05) is 0 Å². The molecule has 0 fully saturated rings. The van der Waals surface area contributed by atoms with E-state index in [1.165, 1.54) is 12.5 Å². The van der Waals surface area contributed by atoms with Crippen molar-refractivity contribution in [3.63, 3.8) is 0 Å². The Morgan fingerprint density at radius 3 is 2.18 bits per heavy atom. The lowest BCUT2D eigenvalue weighted by Gasteiger charge is -2.18. The zero-order valence-electron chi connectivity index (χ0n) is 10.6. The molecule has 2 N–H and O–H groups in total. The molecule has 1 aromatic rings. The van der Waals surface area contributed by atoms with Crippen molar-refractivity contribution >= 4 is 17.4 Å². The standard InChI is InChI=1S/C13H18N2O2/c1-9(12(16)17)14-15-11-7-5-10(6-8-11)13(2,3)4/h5-8,15H,1-4H3,(H,16,17)/b14-9+. The van der Waals surface area contributed by atoms with Crippen LogP contribution in [0.25, 0.3) is 0 Å². The molecular weight excluding hydrogens is 216 g/mol. The van der Waals surface area contributed by atoms with E-state index in [1.807, 2.05) is 24.3 Å². The highest BCUT2D eigenvalue weighted by atomic mass is 16.4. The maximum absolute atomic E-state index is 10.5. The average Bonchev–Trinajstić information content (AvgIpc) is 2.25. The summed E-state index contributed by atoms with van der Waals surface area (Å²) in [5.41, 5.74) is 4.85. The van der Waals surface area contributed by atoms with Crippen molar-refractivity contribution in [3.05, 3.63) is 29.8 Å². The molecule has 0 radical (unpaired) electrons. The van der Waals surface area contributed by atoms with Crippen molar-refractivity contribution in [3.8, 4) is 0 Å². The van der Waals surface area contributed by atoms with Crippen LogP contribution in [0.15, 0.2) is 29.4 Å². The van der Waals surface area contributed by atoms with Crippen LogP contribution >= 0.6 is 0 Å². The molecule has 4 nitrogen and oxygen atoms in total. The fourth-order valence-electron chi connectivity index (χ4n) is 1.24. The maximum atomic E-state index is 10.5. The van der Waals surface area contributed by atoms with E-state index in [4.69, 9.17) is 5.11 Å². The Morgan fingerprint density at radius 2 is 1.76 bits per heavy atom. The molecule has 1 aromatic carbocycles. The van der Waals surface area contributed by atoms with Gasteiger partial charge in [0.05, 0.1) is 5.69 Å². The molecule has 92 valence electrons. The Kier molecular flexibility index (Phi) is 3.89. The number of aliphatic carboxylic acids is 1. The van der Waals surface area contributed by atoms with E-state index < -0.39 is 5.97 Å². The molecule has 0 amide bonds. The molecule has 4 heteroatoms. The van der Waals surface area contributed by atoms with E-state index in [-0.39, 0.29) is 11.1 Å². The van der Waals surface area contributed by atoms with E-state index in [1.54, 1.807) is 0 Å². The SMILES string of the molecule is C/C(=N\Nc1ccc(C(C)(C)C)cc1)C(=O)O. The third-order valence-corrected chi connectivity index (χ3v) is 2.41. The van der Waals surface area contributed by atoms with E-state index in [0.717, 1.165) is 5.69 Å². The largest absolute Gasteiger partial charge is 0.477 e. The summed E-state index contributed by atoms with van der Waals surface area (Å²) in [6.45, 7) is 7.87. The fraction of sp³-hybridized carbons (Fsp3) is 0.385. The highest BCUT2D eigenvalue weighted by Crippen LogP contribution is 2.23. The number of benzene rings is 1. The first-order valence-electron chi connectivity index (χ1n) is 5.45. The van der Waals surface area contributed by atoms with E-state index in [0.29, 0.717) is 0 Å². The summed E-state index contributed by atoms with van der Waals surface area (Å²) in [4.78, 5) is 10.5. The third kappa shape index (κ3) is 3.90. The predicted octanol–water partition coefficient (Wildman–Crippen LogP) is 2.86. The first-order valence-corrected chi connectivity index (χ1v) is 5.45. The van der Waals surface area contributed by atoms with Crippen LogP contribution in [0.5, 0.6) is 0 Å². The molecule has 0 aromatic heterocycles. The number of anilines is 1. The minimum atomic E-state index is -1.02. The Balaban J connectivity index is 2.76. The minimum Gasteiger partial charge on any atom is -0.477 e. The minimum absolute atomic E-state index is 0.0323. The van der Waals surface area contributed by atoms with Gasteiger partial charge >= 0.3 is 5.97 Å². The Labute approximate surface area is 101 Å². The zero-order chi connectivity index (χ0) is 13.1. The van der Waals surface area contributed by atoms with Gasteiger partial charge < -0.3 is 5.11 Å². The van der Waals surface area contributed by atoms with Crippen LogP contribution in [0.4, 0.5) is 5.69 Å². The van der Waals surface area contributed by atoms with Crippen LogP contribution in [-0.2, 0) is 10.2 Å². The van der Waals surface area contributed by atoms with Crippen molar-refractivity contribution < 1.29 is 9.90 Å². The molecule has 0 aliphatic rings. The lowest BCUT2D eigenvalue weighted by Crippen LogP contribution is -2.11. The molecule has 0 bridgehead atoms. The summed E-state index contributed by atoms with van der Waals surface area (Å²) in [6, 6.07) is 7.79.